The zero-order valence-corrected chi connectivity index (χ0v) is 13.5. The largest absolute Gasteiger partial charge is 0.335 e. The van der Waals surface area contributed by atoms with Crippen LogP contribution in [0.25, 0.3) is 10.9 Å². The second-order valence-corrected chi connectivity index (χ2v) is 6.09. The van der Waals surface area contributed by atoms with Gasteiger partial charge in [0.15, 0.2) is 0 Å². The van der Waals surface area contributed by atoms with Gasteiger partial charge in [0.25, 0.3) is 0 Å². The number of benzene rings is 2. The van der Waals surface area contributed by atoms with Crippen molar-refractivity contribution in [1.29, 1.82) is 0 Å². The lowest BCUT2D eigenvalue weighted by Gasteiger charge is -2.09. The SMILES string of the molecule is CSc1ccc(NC(=O)Cn2c(C)cc3ccccc32)cc1. The molecule has 0 bridgehead atoms. The van der Waals surface area contributed by atoms with Crippen LogP contribution in [0.2, 0.25) is 0 Å². The van der Waals surface area contributed by atoms with E-state index in [0.717, 1.165) is 22.3 Å². The predicted molar refractivity (Wildman–Crippen MR) is 93.5 cm³/mol. The van der Waals surface area contributed by atoms with Gasteiger partial charge in [-0.2, -0.15) is 0 Å². The van der Waals surface area contributed by atoms with Crippen molar-refractivity contribution in [3.05, 3.63) is 60.3 Å². The molecule has 1 amide bonds. The maximum absolute atomic E-state index is 12.3. The van der Waals surface area contributed by atoms with E-state index in [9.17, 15) is 4.79 Å². The van der Waals surface area contributed by atoms with Gasteiger partial charge in [-0.05, 0) is 55.0 Å². The summed E-state index contributed by atoms with van der Waals surface area (Å²) in [6, 6.07) is 18.1. The molecule has 0 unspecified atom stereocenters. The van der Waals surface area contributed by atoms with Crippen LogP contribution in [0.4, 0.5) is 5.69 Å². The van der Waals surface area contributed by atoms with Gasteiger partial charge in [0.1, 0.15) is 6.54 Å². The summed E-state index contributed by atoms with van der Waals surface area (Å²) in [5, 5.41) is 4.12. The number of aryl methyl sites for hydroxylation is 1. The first-order chi connectivity index (χ1) is 10.7. The molecule has 0 radical (unpaired) electrons. The van der Waals surface area contributed by atoms with E-state index in [1.165, 1.54) is 4.90 Å². The van der Waals surface area contributed by atoms with Crippen LogP contribution in [-0.4, -0.2) is 16.7 Å². The number of thioether (sulfide) groups is 1. The molecule has 112 valence electrons. The number of aromatic nitrogens is 1. The molecular weight excluding hydrogens is 292 g/mol. The van der Waals surface area contributed by atoms with Gasteiger partial charge in [-0.25, -0.2) is 0 Å². The molecular formula is C18H18N2OS. The second-order valence-electron chi connectivity index (χ2n) is 5.21. The fourth-order valence-electron chi connectivity index (χ4n) is 2.58. The Morgan fingerprint density at radius 3 is 2.59 bits per heavy atom. The van der Waals surface area contributed by atoms with Crippen LogP contribution in [0, 0.1) is 6.92 Å². The lowest BCUT2D eigenvalue weighted by molar-refractivity contribution is -0.116. The van der Waals surface area contributed by atoms with Crippen LogP contribution in [0.1, 0.15) is 5.69 Å². The molecule has 1 heterocycles. The van der Waals surface area contributed by atoms with Crippen molar-refractivity contribution in [1.82, 2.24) is 4.57 Å². The van der Waals surface area contributed by atoms with Crippen molar-refractivity contribution in [2.45, 2.75) is 18.4 Å². The van der Waals surface area contributed by atoms with Crippen LogP contribution in [0.5, 0.6) is 0 Å². The number of nitrogens with one attached hydrogen (secondary N) is 1. The highest BCUT2D eigenvalue weighted by Crippen LogP contribution is 2.20. The number of nitrogens with zero attached hydrogens (tertiary/aromatic N) is 1. The fourth-order valence-corrected chi connectivity index (χ4v) is 2.98. The predicted octanol–water partition coefficient (Wildman–Crippen LogP) is 4.31. The van der Waals surface area contributed by atoms with Crippen molar-refractivity contribution in [3.8, 4) is 0 Å². The van der Waals surface area contributed by atoms with E-state index >= 15 is 0 Å². The van der Waals surface area contributed by atoms with Gasteiger partial charge in [-0.3, -0.25) is 4.79 Å². The lowest BCUT2D eigenvalue weighted by Crippen LogP contribution is -2.19. The average molecular weight is 310 g/mol. The Kier molecular flexibility index (Phi) is 4.20. The highest BCUT2D eigenvalue weighted by Gasteiger charge is 2.09. The van der Waals surface area contributed by atoms with Gasteiger partial charge in [0.05, 0.1) is 0 Å². The molecule has 0 spiro atoms. The number of rotatable bonds is 4. The van der Waals surface area contributed by atoms with E-state index in [4.69, 9.17) is 0 Å². The minimum atomic E-state index is -0.0126. The van der Waals surface area contributed by atoms with Crippen LogP contribution in [0.3, 0.4) is 0 Å². The van der Waals surface area contributed by atoms with E-state index in [2.05, 4.69) is 17.4 Å². The molecule has 0 aliphatic rings. The third kappa shape index (κ3) is 3.02. The Balaban J connectivity index is 1.76. The Hall–Kier alpha value is -2.20. The molecule has 0 saturated carbocycles. The molecule has 3 aromatic rings. The quantitative estimate of drug-likeness (QED) is 0.729. The maximum atomic E-state index is 12.3. The summed E-state index contributed by atoms with van der Waals surface area (Å²) in [7, 11) is 0. The summed E-state index contributed by atoms with van der Waals surface area (Å²) in [5.41, 5.74) is 3.01. The summed E-state index contributed by atoms with van der Waals surface area (Å²) < 4.78 is 2.04. The van der Waals surface area contributed by atoms with Crippen molar-refractivity contribution < 1.29 is 4.79 Å². The Morgan fingerprint density at radius 1 is 1.14 bits per heavy atom. The first-order valence-electron chi connectivity index (χ1n) is 7.16. The van der Waals surface area contributed by atoms with Crippen molar-refractivity contribution in [2.24, 2.45) is 0 Å². The monoisotopic (exact) mass is 310 g/mol. The maximum Gasteiger partial charge on any atom is 0.244 e. The molecule has 0 aliphatic heterocycles. The van der Waals surface area contributed by atoms with Crippen LogP contribution >= 0.6 is 11.8 Å². The number of carbonyl (C=O) groups excluding carboxylic acids is 1. The number of hydrogen-bond donors (Lipinski definition) is 1. The van der Waals surface area contributed by atoms with E-state index < -0.39 is 0 Å². The van der Waals surface area contributed by atoms with Crippen LogP contribution in [-0.2, 0) is 11.3 Å². The van der Waals surface area contributed by atoms with Crippen molar-refractivity contribution in [3.63, 3.8) is 0 Å². The zero-order chi connectivity index (χ0) is 15.5. The third-order valence-corrected chi connectivity index (χ3v) is 4.44. The van der Waals surface area contributed by atoms with Crippen LogP contribution < -0.4 is 5.32 Å². The topological polar surface area (TPSA) is 34.0 Å². The van der Waals surface area contributed by atoms with Gasteiger partial charge in [0, 0.05) is 21.8 Å². The molecule has 0 saturated heterocycles. The Labute approximate surface area is 134 Å². The summed E-state index contributed by atoms with van der Waals surface area (Å²) >= 11 is 1.69. The van der Waals surface area contributed by atoms with E-state index in [1.54, 1.807) is 11.8 Å². The van der Waals surface area contributed by atoms with Gasteiger partial charge in [0.2, 0.25) is 5.91 Å². The number of para-hydroxylation sites is 1. The standard InChI is InChI=1S/C18H18N2OS/c1-13-11-14-5-3-4-6-17(14)20(13)12-18(21)19-15-7-9-16(22-2)10-8-15/h3-11H,12H2,1-2H3,(H,19,21). The van der Waals surface area contributed by atoms with Gasteiger partial charge >= 0.3 is 0 Å². The van der Waals surface area contributed by atoms with E-state index in [-0.39, 0.29) is 5.91 Å². The smallest absolute Gasteiger partial charge is 0.244 e. The molecule has 3 nitrogen and oxygen atoms in total. The van der Waals surface area contributed by atoms with Crippen molar-refractivity contribution in [2.75, 3.05) is 11.6 Å². The second kappa shape index (κ2) is 6.28. The first-order valence-corrected chi connectivity index (χ1v) is 8.38. The highest BCUT2D eigenvalue weighted by atomic mass is 32.2. The van der Waals surface area contributed by atoms with Gasteiger partial charge in [-0.15, -0.1) is 11.8 Å². The Morgan fingerprint density at radius 2 is 1.86 bits per heavy atom. The molecule has 0 aliphatic carbocycles. The number of amides is 1. The molecule has 1 aromatic heterocycles. The summed E-state index contributed by atoms with van der Waals surface area (Å²) in [5.74, 6) is -0.0126. The first kappa shape index (κ1) is 14.7. The molecule has 0 fully saturated rings. The number of fused-ring (bicyclic) bond motifs is 1. The third-order valence-electron chi connectivity index (χ3n) is 3.69. The minimum Gasteiger partial charge on any atom is -0.335 e. The Bertz CT molecular complexity index is 806. The fraction of sp³-hybridized carbons (Fsp3) is 0.167. The molecule has 3 rings (SSSR count). The minimum absolute atomic E-state index is 0.0126. The van der Waals surface area contributed by atoms with Gasteiger partial charge < -0.3 is 9.88 Å². The molecule has 2 aromatic carbocycles. The zero-order valence-electron chi connectivity index (χ0n) is 12.7. The molecule has 0 atom stereocenters. The van der Waals surface area contributed by atoms with Gasteiger partial charge in [-0.1, -0.05) is 18.2 Å². The average Bonchev–Trinajstić information content (AvgIpc) is 2.84. The van der Waals surface area contributed by atoms with E-state index in [0.29, 0.717) is 6.54 Å². The molecule has 1 N–H and O–H groups in total. The van der Waals surface area contributed by atoms with Crippen LogP contribution in [0.15, 0.2) is 59.5 Å². The molecule has 4 heteroatoms. The van der Waals surface area contributed by atoms with E-state index in [1.807, 2.05) is 60.2 Å². The van der Waals surface area contributed by atoms with Crippen molar-refractivity contribution >= 4 is 34.3 Å². The lowest BCUT2D eigenvalue weighted by atomic mass is 10.2. The number of carbonyl (C=O) groups is 1. The number of hydrogen-bond acceptors (Lipinski definition) is 2. The highest BCUT2D eigenvalue weighted by molar-refractivity contribution is 7.98. The normalized spacial score (nSPS) is 10.8. The molecule has 22 heavy (non-hydrogen) atoms. The number of anilines is 1. The summed E-state index contributed by atoms with van der Waals surface area (Å²) in [4.78, 5) is 13.5. The summed E-state index contributed by atoms with van der Waals surface area (Å²) in [6.45, 7) is 2.35. The summed E-state index contributed by atoms with van der Waals surface area (Å²) in [6.07, 6.45) is 2.04.